The predicted molar refractivity (Wildman–Crippen MR) is 110 cm³/mol. The standard InChI is InChI=1S/C24H29NO3/c1-24(2,3)28-23(27)25-20-10-11-21(25)15-19(14-20)22(26)13-16-8-9-17-6-4-5-7-18(17)12-16/h4-9,12,19-21H,10-11,13-15H2,1-3H3. The summed E-state index contributed by atoms with van der Waals surface area (Å²) in [4.78, 5) is 27.5. The molecular weight excluding hydrogens is 350 g/mol. The number of hydrogen-bond donors (Lipinski definition) is 0. The zero-order chi connectivity index (χ0) is 19.9. The van der Waals surface area contributed by atoms with Gasteiger partial charge in [-0.05, 0) is 62.8 Å². The van der Waals surface area contributed by atoms with E-state index in [0.717, 1.165) is 31.2 Å². The smallest absolute Gasteiger partial charge is 0.410 e. The third kappa shape index (κ3) is 3.91. The van der Waals surface area contributed by atoms with Crippen LogP contribution in [0.25, 0.3) is 10.8 Å². The van der Waals surface area contributed by atoms with Gasteiger partial charge >= 0.3 is 6.09 Å². The summed E-state index contributed by atoms with van der Waals surface area (Å²) in [6.07, 6.45) is 3.74. The lowest BCUT2D eigenvalue weighted by molar-refractivity contribution is -0.124. The number of nitrogens with zero attached hydrogens (tertiary/aromatic N) is 1. The molecule has 2 atom stereocenters. The van der Waals surface area contributed by atoms with Crippen molar-refractivity contribution >= 4 is 22.6 Å². The molecule has 0 N–H and O–H groups in total. The lowest BCUT2D eigenvalue weighted by atomic mass is 9.85. The molecule has 2 aliphatic heterocycles. The number of hydrogen-bond acceptors (Lipinski definition) is 3. The first-order valence-corrected chi connectivity index (χ1v) is 10.3. The van der Waals surface area contributed by atoms with Crippen molar-refractivity contribution in [1.82, 2.24) is 4.90 Å². The zero-order valence-corrected chi connectivity index (χ0v) is 17.0. The minimum absolute atomic E-state index is 0.0441. The lowest BCUT2D eigenvalue weighted by Gasteiger charge is -2.39. The molecule has 4 rings (SSSR count). The Hall–Kier alpha value is -2.36. The van der Waals surface area contributed by atoms with Crippen molar-refractivity contribution in [2.45, 2.75) is 70.6 Å². The van der Waals surface area contributed by atoms with Gasteiger partial charge in [-0.25, -0.2) is 4.79 Å². The Morgan fingerprint density at radius 2 is 1.64 bits per heavy atom. The molecule has 0 spiro atoms. The monoisotopic (exact) mass is 379 g/mol. The van der Waals surface area contributed by atoms with Crippen molar-refractivity contribution in [3.05, 3.63) is 48.0 Å². The lowest BCUT2D eigenvalue weighted by Crippen LogP contribution is -2.49. The Bertz CT molecular complexity index is 884. The maximum Gasteiger partial charge on any atom is 0.410 e. The van der Waals surface area contributed by atoms with Gasteiger partial charge < -0.3 is 9.64 Å². The van der Waals surface area contributed by atoms with Gasteiger partial charge in [0.1, 0.15) is 11.4 Å². The largest absolute Gasteiger partial charge is 0.444 e. The number of Topliss-reactive ketones (excluding diaryl/α,β-unsaturated/α-hetero) is 1. The quantitative estimate of drug-likeness (QED) is 0.743. The van der Waals surface area contributed by atoms with Crippen molar-refractivity contribution in [2.24, 2.45) is 5.92 Å². The SMILES string of the molecule is CC(C)(C)OC(=O)N1C2CCC1CC(C(=O)Cc1ccc3ccccc3c1)C2. The van der Waals surface area contributed by atoms with Crippen molar-refractivity contribution in [2.75, 3.05) is 0 Å². The molecule has 0 radical (unpaired) electrons. The van der Waals surface area contributed by atoms with E-state index in [1.165, 1.54) is 10.8 Å². The summed E-state index contributed by atoms with van der Waals surface area (Å²) in [6, 6.07) is 14.8. The molecule has 0 aromatic heterocycles. The van der Waals surface area contributed by atoms with Gasteiger partial charge in [0.05, 0.1) is 0 Å². The van der Waals surface area contributed by atoms with Crippen LogP contribution in [-0.4, -0.2) is 34.5 Å². The summed E-state index contributed by atoms with van der Waals surface area (Å²) in [7, 11) is 0. The normalized spacial score (nSPS) is 24.4. The summed E-state index contributed by atoms with van der Waals surface area (Å²) in [5, 5.41) is 2.37. The fraction of sp³-hybridized carbons (Fsp3) is 0.500. The van der Waals surface area contributed by atoms with E-state index in [0.29, 0.717) is 12.2 Å². The highest BCUT2D eigenvalue weighted by atomic mass is 16.6. The highest BCUT2D eigenvalue weighted by Gasteiger charge is 2.46. The van der Waals surface area contributed by atoms with Crippen LogP contribution >= 0.6 is 0 Å². The van der Waals surface area contributed by atoms with Gasteiger partial charge in [-0.2, -0.15) is 0 Å². The average molecular weight is 380 g/mol. The number of ketones is 1. The van der Waals surface area contributed by atoms with E-state index in [2.05, 4.69) is 30.3 Å². The molecule has 4 nitrogen and oxygen atoms in total. The zero-order valence-electron chi connectivity index (χ0n) is 17.0. The van der Waals surface area contributed by atoms with E-state index in [1.807, 2.05) is 37.8 Å². The molecule has 2 bridgehead atoms. The molecular formula is C24H29NO3. The first kappa shape index (κ1) is 19.0. The van der Waals surface area contributed by atoms with Gasteiger partial charge in [0.15, 0.2) is 0 Å². The summed E-state index contributed by atoms with van der Waals surface area (Å²) in [6.45, 7) is 5.69. The molecule has 0 aliphatic carbocycles. The van der Waals surface area contributed by atoms with Gasteiger partial charge in [0.2, 0.25) is 0 Å². The Morgan fingerprint density at radius 1 is 1.00 bits per heavy atom. The molecule has 4 heteroatoms. The molecule has 2 unspecified atom stereocenters. The number of rotatable bonds is 3. The number of carbonyl (C=O) groups is 2. The Balaban J connectivity index is 1.42. The molecule has 1 amide bonds. The third-order valence-electron chi connectivity index (χ3n) is 5.98. The maximum absolute atomic E-state index is 13.0. The summed E-state index contributed by atoms with van der Waals surface area (Å²) < 4.78 is 5.59. The van der Waals surface area contributed by atoms with Crippen molar-refractivity contribution in [3.63, 3.8) is 0 Å². The molecule has 28 heavy (non-hydrogen) atoms. The number of fused-ring (bicyclic) bond motifs is 3. The van der Waals surface area contributed by atoms with E-state index in [-0.39, 0.29) is 24.1 Å². The van der Waals surface area contributed by atoms with Crippen LogP contribution in [0.15, 0.2) is 42.5 Å². The van der Waals surface area contributed by atoms with Gasteiger partial charge in [-0.15, -0.1) is 0 Å². The van der Waals surface area contributed by atoms with E-state index in [1.54, 1.807) is 0 Å². The fourth-order valence-corrected chi connectivity index (χ4v) is 4.75. The Labute approximate surface area is 166 Å². The van der Waals surface area contributed by atoms with Crippen molar-refractivity contribution < 1.29 is 14.3 Å². The predicted octanol–water partition coefficient (Wildman–Crippen LogP) is 5.13. The molecule has 2 fully saturated rings. The maximum atomic E-state index is 13.0. The minimum Gasteiger partial charge on any atom is -0.444 e. The summed E-state index contributed by atoms with van der Waals surface area (Å²) in [5.74, 6) is 0.346. The van der Waals surface area contributed by atoms with E-state index >= 15 is 0 Å². The van der Waals surface area contributed by atoms with Gasteiger partial charge in [-0.1, -0.05) is 42.5 Å². The Kier molecular flexibility index (Phi) is 4.90. The third-order valence-corrected chi connectivity index (χ3v) is 5.98. The molecule has 2 aromatic carbocycles. The average Bonchev–Trinajstić information content (AvgIpc) is 2.90. The van der Waals surface area contributed by atoms with Crippen LogP contribution < -0.4 is 0 Å². The number of piperidine rings is 1. The van der Waals surface area contributed by atoms with Crippen LogP contribution in [0.5, 0.6) is 0 Å². The second-order valence-electron chi connectivity index (χ2n) is 9.27. The number of carbonyl (C=O) groups excluding carboxylic acids is 2. The number of benzene rings is 2. The second kappa shape index (κ2) is 7.23. The van der Waals surface area contributed by atoms with E-state index in [4.69, 9.17) is 4.74 Å². The topological polar surface area (TPSA) is 46.6 Å². The van der Waals surface area contributed by atoms with Crippen molar-refractivity contribution in [3.8, 4) is 0 Å². The minimum atomic E-state index is -0.487. The molecule has 148 valence electrons. The van der Waals surface area contributed by atoms with Gasteiger partial charge in [-0.3, -0.25) is 4.79 Å². The highest BCUT2D eigenvalue weighted by Crippen LogP contribution is 2.40. The number of ether oxygens (including phenoxy) is 1. The number of amides is 1. The first-order chi connectivity index (χ1) is 13.3. The van der Waals surface area contributed by atoms with Crippen LogP contribution in [0.2, 0.25) is 0 Å². The molecule has 2 aliphatic rings. The van der Waals surface area contributed by atoms with Crippen LogP contribution in [0.4, 0.5) is 4.79 Å². The van der Waals surface area contributed by atoms with Gasteiger partial charge in [0.25, 0.3) is 0 Å². The van der Waals surface area contributed by atoms with Crippen LogP contribution in [0.3, 0.4) is 0 Å². The first-order valence-electron chi connectivity index (χ1n) is 10.3. The van der Waals surface area contributed by atoms with E-state index < -0.39 is 5.60 Å². The molecule has 2 aromatic rings. The molecule has 2 saturated heterocycles. The highest BCUT2D eigenvalue weighted by molar-refractivity contribution is 5.87. The van der Waals surface area contributed by atoms with Crippen molar-refractivity contribution in [1.29, 1.82) is 0 Å². The molecule has 2 heterocycles. The van der Waals surface area contributed by atoms with E-state index in [9.17, 15) is 9.59 Å². The van der Waals surface area contributed by atoms with Gasteiger partial charge in [0, 0.05) is 24.4 Å². The Morgan fingerprint density at radius 3 is 2.29 bits per heavy atom. The summed E-state index contributed by atoms with van der Waals surface area (Å²) in [5.41, 5.74) is 0.588. The van der Waals surface area contributed by atoms with Crippen LogP contribution in [0.1, 0.15) is 52.0 Å². The second-order valence-corrected chi connectivity index (χ2v) is 9.27. The summed E-state index contributed by atoms with van der Waals surface area (Å²) >= 11 is 0. The molecule has 0 saturated carbocycles. The van der Waals surface area contributed by atoms with Crippen LogP contribution in [0, 0.1) is 5.92 Å². The fourth-order valence-electron chi connectivity index (χ4n) is 4.75. The van der Waals surface area contributed by atoms with Crippen LogP contribution in [-0.2, 0) is 16.0 Å².